The number of carbonyl (C=O) groups is 1. The zero-order chi connectivity index (χ0) is 13.9. The Kier molecular flexibility index (Phi) is 5.20. The van der Waals surface area contributed by atoms with Gasteiger partial charge in [-0.2, -0.15) is 0 Å². The lowest BCUT2D eigenvalue weighted by molar-refractivity contribution is -0.143. The first-order chi connectivity index (χ1) is 8.25. The fraction of sp³-hybridized carbons (Fsp3) is 0.933. The van der Waals surface area contributed by atoms with Crippen molar-refractivity contribution in [2.45, 2.75) is 66.0 Å². The topological polar surface area (TPSA) is 38.3 Å². The maximum Gasteiger partial charge on any atom is 0.322 e. The van der Waals surface area contributed by atoms with Gasteiger partial charge in [-0.3, -0.25) is 4.79 Å². The molecule has 0 spiro atoms. The van der Waals surface area contributed by atoms with Crippen molar-refractivity contribution >= 4 is 5.97 Å². The van der Waals surface area contributed by atoms with E-state index in [4.69, 9.17) is 4.74 Å². The molecule has 0 heterocycles. The minimum atomic E-state index is -0.156. The van der Waals surface area contributed by atoms with E-state index < -0.39 is 0 Å². The van der Waals surface area contributed by atoms with Crippen LogP contribution in [0.1, 0.15) is 53.9 Å². The summed E-state index contributed by atoms with van der Waals surface area (Å²) in [5.74, 6) is 0.992. The Balaban J connectivity index is 2.63. The van der Waals surface area contributed by atoms with Crippen LogP contribution in [0.3, 0.4) is 0 Å². The van der Waals surface area contributed by atoms with Crippen molar-refractivity contribution in [2.24, 2.45) is 17.3 Å². The fourth-order valence-corrected chi connectivity index (χ4v) is 3.22. The lowest BCUT2D eigenvalue weighted by Gasteiger charge is -2.25. The highest BCUT2D eigenvalue weighted by Crippen LogP contribution is 2.41. The Morgan fingerprint density at radius 3 is 2.39 bits per heavy atom. The standard InChI is InChI=1S/C15H29NO2/c1-10(2)7-12(14(17)18-6)16-13-9-15(4,5)8-11(13)3/h10-13,16H,7-9H2,1-6H3. The van der Waals surface area contributed by atoms with Crippen LogP contribution in [0.2, 0.25) is 0 Å². The zero-order valence-electron chi connectivity index (χ0n) is 12.7. The number of nitrogens with one attached hydrogen (secondary N) is 1. The molecule has 0 aromatic heterocycles. The minimum absolute atomic E-state index is 0.124. The summed E-state index contributed by atoms with van der Waals surface area (Å²) in [6, 6.07) is 0.277. The molecule has 0 radical (unpaired) electrons. The predicted octanol–water partition coefficient (Wildman–Crippen LogP) is 2.99. The van der Waals surface area contributed by atoms with Crippen LogP contribution in [-0.2, 0) is 9.53 Å². The molecule has 0 aromatic carbocycles. The number of esters is 1. The summed E-state index contributed by atoms with van der Waals surface area (Å²) in [5, 5.41) is 3.53. The lowest BCUT2D eigenvalue weighted by atomic mass is 9.91. The number of rotatable bonds is 5. The average molecular weight is 255 g/mol. The summed E-state index contributed by atoms with van der Waals surface area (Å²) in [5.41, 5.74) is 0.385. The summed E-state index contributed by atoms with van der Waals surface area (Å²) >= 11 is 0. The average Bonchev–Trinajstić information content (AvgIpc) is 2.49. The molecular formula is C15H29NO2. The third-order valence-electron chi connectivity index (χ3n) is 3.94. The first kappa shape index (κ1) is 15.5. The molecule has 3 nitrogen and oxygen atoms in total. The summed E-state index contributed by atoms with van der Waals surface area (Å²) in [6.45, 7) is 11.2. The van der Waals surface area contributed by atoms with Crippen LogP contribution in [0.4, 0.5) is 0 Å². The Morgan fingerprint density at radius 2 is 2.00 bits per heavy atom. The van der Waals surface area contributed by atoms with Crippen molar-refractivity contribution < 1.29 is 9.53 Å². The molecule has 106 valence electrons. The van der Waals surface area contributed by atoms with E-state index in [0.717, 1.165) is 12.8 Å². The first-order valence-electron chi connectivity index (χ1n) is 7.09. The quantitative estimate of drug-likeness (QED) is 0.768. The maximum absolute atomic E-state index is 11.8. The highest BCUT2D eigenvalue weighted by atomic mass is 16.5. The van der Waals surface area contributed by atoms with E-state index in [2.05, 4.69) is 39.9 Å². The third kappa shape index (κ3) is 4.27. The molecule has 0 aliphatic heterocycles. The van der Waals surface area contributed by atoms with Crippen LogP contribution in [0, 0.1) is 17.3 Å². The van der Waals surface area contributed by atoms with Crippen molar-refractivity contribution in [3.8, 4) is 0 Å². The number of ether oxygens (including phenoxy) is 1. The number of carbonyl (C=O) groups excluding carboxylic acids is 1. The Morgan fingerprint density at radius 1 is 1.39 bits per heavy atom. The fourth-order valence-electron chi connectivity index (χ4n) is 3.22. The van der Waals surface area contributed by atoms with E-state index in [1.807, 2.05) is 0 Å². The summed E-state index contributed by atoms with van der Waals surface area (Å²) in [4.78, 5) is 11.8. The number of hydrogen-bond acceptors (Lipinski definition) is 3. The molecule has 3 heteroatoms. The molecule has 18 heavy (non-hydrogen) atoms. The number of hydrogen-bond donors (Lipinski definition) is 1. The van der Waals surface area contributed by atoms with E-state index in [0.29, 0.717) is 23.3 Å². The summed E-state index contributed by atoms with van der Waals surface area (Å²) in [7, 11) is 1.47. The van der Waals surface area contributed by atoms with Crippen molar-refractivity contribution in [3.63, 3.8) is 0 Å². The number of methoxy groups -OCH3 is 1. The van der Waals surface area contributed by atoms with Crippen molar-refractivity contribution in [1.29, 1.82) is 0 Å². The van der Waals surface area contributed by atoms with Gasteiger partial charge in [0.05, 0.1) is 7.11 Å². The van der Waals surface area contributed by atoms with Gasteiger partial charge in [-0.1, -0.05) is 34.6 Å². The molecule has 3 atom stereocenters. The molecule has 1 saturated carbocycles. The monoisotopic (exact) mass is 255 g/mol. The van der Waals surface area contributed by atoms with Gasteiger partial charge in [0.25, 0.3) is 0 Å². The Bertz CT molecular complexity index is 286. The molecule has 1 rings (SSSR count). The second-order valence-electron chi connectivity index (χ2n) is 7.03. The zero-order valence-corrected chi connectivity index (χ0v) is 12.7. The van der Waals surface area contributed by atoms with Gasteiger partial charge < -0.3 is 10.1 Å². The van der Waals surface area contributed by atoms with Gasteiger partial charge >= 0.3 is 5.97 Å². The van der Waals surface area contributed by atoms with Gasteiger partial charge in [0.15, 0.2) is 0 Å². The molecule has 1 aliphatic carbocycles. The summed E-state index contributed by atoms with van der Waals surface area (Å²) in [6.07, 6.45) is 3.20. The highest BCUT2D eigenvalue weighted by Gasteiger charge is 2.38. The van der Waals surface area contributed by atoms with Gasteiger partial charge in [0, 0.05) is 6.04 Å². The second-order valence-corrected chi connectivity index (χ2v) is 7.03. The van der Waals surface area contributed by atoms with Crippen LogP contribution in [0.25, 0.3) is 0 Å². The Hall–Kier alpha value is -0.570. The van der Waals surface area contributed by atoms with E-state index in [1.165, 1.54) is 13.5 Å². The van der Waals surface area contributed by atoms with Crippen LogP contribution < -0.4 is 5.32 Å². The molecule has 1 N–H and O–H groups in total. The van der Waals surface area contributed by atoms with E-state index in [9.17, 15) is 4.79 Å². The van der Waals surface area contributed by atoms with Gasteiger partial charge in [-0.25, -0.2) is 0 Å². The lowest BCUT2D eigenvalue weighted by Crippen LogP contribution is -2.45. The highest BCUT2D eigenvalue weighted by molar-refractivity contribution is 5.75. The van der Waals surface area contributed by atoms with Crippen LogP contribution in [0.15, 0.2) is 0 Å². The predicted molar refractivity (Wildman–Crippen MR) is 74.4 cm³/mol. The molecule has 3 unspecified atom stereocenters. The summed E-state index contributed by atoms with van der Waals surface area (Å²) < 4.78 is 4.91. The molecule has 0 aromatic rings. The van der Waals surface area contributed by atoms with Crippen LogP contribution >= 0.6 is 0 Å². The van der Waals surface area contributed by atoms with Crippen molar-refractivity contribution in [1.82, 2.24) is 5.32 Å². The normalized spacial score (nSPS) is 28.4. The molecule has 0 bridgehead atoms. The maximum atomic E-state index is 11.8. The van der Waals surface area contributed by atoms with E-state index >= 15 is 0 Å². The van der Waals surface area contributed by atoms with E-state index in [1.54, 1.807) is 0 Å². The molecule has 0 amide bonds. The van der Waals surface area contributed by atoms with Gasteiger partial charge in [-0.05, 0) is 36.5 Å². The third-order valence-corrected chi connectivity index (χ3v) is 3.94. The second kappa shape index (κ2) is 6.05. The van der Waals surface area contributed by atoms with Crippen molar-refractivity contribution in [2.75, 3.05) is 7.11 Å². The molecule has 1 aliphatic rings. The van der Waals surface area contributed by atoms with Gasteiger partial charge in [0.2, 0.25) is 0 Å². The van der Waals surface area contributed by atoms with Crippen molar-refractivity contribution in [3.05, 3.63) is 0 Å². The molecular weight excluding hydrogens is 226 g/mol. The SMILES string of the molecule is COC(=O)C(CC(C)C)NC1CC(C)(C)CC1C. The smallest absolute Gasteiger partial charge is 0.322 e. The van der Waals surface area contributed by atoms with Crippen LogP contribution in [0.5, 0.6) is 0 Å². The van der Waals surface area contributed by atoms with Crippen LogP contribution in [-0.4, -0.2) is 25.2 Å². The van der Waals surface area contributed by atoms with E-state index in [-0.39, 0.29) is 12.0 Å². The van der Waals surface area contributed by atoms with Gasteiger partial charge in [0.1, 0.15) is 6.04 Å². The first-order valence-corrected chi connectivity index (χ1v) is 7.09. The molecule has 1 fully saturated rings. The molecule has 0 saturated heterocycles. The van der Waals surface area contributed by atoms with Gasteiger partial charge in [-0.15, -0.1) is 0 Å². The Labute approximate surface area is 112 Å². The largest absolute Gasteiger partial charge is 0.468 e. The minimum Gasteiger partial charge on any atom is -0.468 e.